The van der Waals surface area contributed by atoms with Crippen LogP contribution in [-0.2, 0) is 30.3 Å². The van der Waals surface area contributed by atoms with Gasteiger partial charge in [0.2, 0.25) is 11.8 Å². The predicted octanol–water partition coefficient (Wildman–Crippen LogP) is 1.42. The van der Waals surface area contributed by atoms with Gasteiger partial charge in [-0.2, -0.15) is 0 Å². The molecule has 144 valence electrons. The lowest BCUT2D eigenvalue weighted by Gasteiger charge is -2.12. The molecule has 1 aromatic carbocycles. The average molecular weight is 364 g/mol. The van der Waals surface area contributed by atoms with Gasteiger partial charge in [0.05, 0.1) is 13.2 Å². The number of rotatable bonds is 12. The number of hydrogen-bond donors (Lipinski definition) is 2. The first kappa shape index (κ1) is 21.6. The Hall–Kier alpha value is -2.41. The van der Waals surface area contributed by atoms with E-state index in [0.717, 1.165) is 18.4 Å². The van der Waals surface area contributed by atoms with Gasteiger partial charge in [-0.3, -0.25) is 9.59 Å². The molecule has 1 atom stereocenters. The van der Waals surface area contributed by atoms with Crippen molar-refractivity contribution in [1.82, 2.24) is 10.6 Å². The van der Waals surface area contributed by atoms with E-state index in [2.05, 4.69) is 10.6 Å². The molecule has 1 rings (SSSR count). The van der Waals surface area contributed by atoms with Crippen molar-refractivity contribution in [2.75, 3.05) is 26.5 Å². The summed E-state index contributed by atoms with van der Waals surface area (Å²) >= 11 is 0. The summed E-state index contributed by atoms with van der Waals surface area (Å²) in [5, 5.41) is 5.05. The molecule has 0 aliphatic carbocycles. The molecule has 7 nitrogen and oxygen atoms in total. The average Bonchev–Trinajstić information content (AvgIpc) is 2.64. The Kier molecular flexibility index (Phi) is 10.7. The van der Waals surface area contributed by atoms with Gasteiger partial charge in [-0.05, 0) is 18.4 Å². The van der Waals surface area contributed by atoms with E-state index >= 15 is 0 Å². The summed E-state index contributed by atoms with van der Waals surface area (Å²) in [6.07, 6.45) is 2.36. The lowest BCUT2D eigenvalue weighted by Crippen LogP contribution is -2.40. The highest BCUT2D eigenvalue weighted by molar-refractivity contribution is 5.85. The second-order valence-corrected chi connectivity index (χ2v) is 5.98. The largest absolute Gasteiger partial charge is 0.464 e. The van der Waals surface area contributed by atoms with E-state index in [1.165, 1.54) is 0 Å². The van der Waals surface area contributed by atoms with Crippen LogP contribution in [0.15, 0.2) is 30.3 Å². The Morgan fingerprint density at radius 1 is 1.12 bits per heavy atom. The number of benzene rings is 1. The van der Waals surface area contributed by atoms with Crippen LogP contribution in [0.5, 0.6) is 0 Å². The third kappa shape index (κ3) is 9.78. The van der Waals surface area contributed by atoms with Gasteiger partial charge in [0, 0.05) is 5.92 Å². The fraction of sp³-hybridized carbons (Fsp3) is 0.526. The van der Waals surface area contributed by atoms with Crippen LogP contribution in [-0.4, -0.2) is 44.3 Å². The van der Waals surface area contributed by atoms with E-state index in [9.17, 15) is 14.4 Å². The van der Waals surface area contributed by atoms with Gasteiger partial charge in [0.25, 0.3) is 0 Å². The van der Waals surface area contributed by atoms with Crippen molar-refractivity contribution in [2.45, 2.75) is 33.1 Å². The topological polar surface area (TPSA) is 93.7 Å². The van der Waals surface area contributed by atoms with E-state index in [0.29, 0.717) is 13.0 Å². The third-order valence-corrected chi connectivity index (χ3v) is 3.61. The van der Waals surface area contributed by atoms with Gasteiger partial charge in [0.15, 0.2) is 0 Å². The van der Waals surface area contributed by atoms with Gasteiger partial charge < -0.3 is 20.1 Å². The third-order valence-electron chi connectivity index (χ3n) is 3.61. The molecule has 0 aliphatic heterocycles. The maximum Gasteiger partial charge on any atom is 0.332 e. The molecule has 0 radical (unpaired) electrons. The molecule has 0 unspecified atom stereocenters. The monoisotopic (exact) mass is 364 g/mol. The van der Waals surface area contributed by atoms with Gasteiger partial charge >= 0.3 is 5.97 Å². The maximum absolute atomic E-state index is 12.0. The number of ether oxygens (including phenoxy) is 2. The number of amides is 2. The number of carbonyl (C=O) groups excluding carboxylic acids is 3. The molecule has 2 amide bonds. The van der Waals surface area contributed by atoms with Gasteiger partial charge in [-0.1, -0.05) is 50.6 Å². The fourth-order valence-electron chi connectivity index (χ4n) is 2.10. The Morgan fingerprint density at radius 2 is 1.85 bits per heavy atom. The number of esters is 1. The minimum Gasteiger partial charge on any atom is -0.464 e. The molecular formula is C19H28N2O5. The van der Waals surface area contributed by atoms with E-state index in [1.54, 1.807) is 0 Å². The summed E-state index contributed by atoms with van der Waals surface area (Å²) in [4.78, 5) is 35.0. The molecule has 0 saturated heterocycles. The van der Waals surface area contributed by atoms with E-state index < -0.39 is 5.97 Å². The van der Waals surface area contributed by atoms with E-state index in [-0.39, 0.29) is 37.6 Å². The Bertz CT molecular complexity index is 562. The molecular weight excluding hydrogens is 336 g/mol. The summed E-state index contributed by atoms with van der Waals surface area (Å²) in [5.74, 6) is -1.27. The standard InChI is InChI=1S/C19H28N2O5/c1-3-4-10-26-18(23)13-25-14-21-17(22)12-20-19(24)15(2)11-16-8-6-5-7-9-16/h5-9,15H,3-4,10-14H2,1-2H3,(H,20,24)(H,21,22)/t15-/m0/s1. The molecule has 0 aromatic heterocycles. The van der Waals surface area contributed by atoms with Crippen LogP contribution in [0.2, 0.25) is 0 Å². The minimum absolute atomic E-state index is 0.114. The molecule has 0 aliphatic rings. The molecule has 0 bridgehead atoms. The van der Waals surface area contributed by atoms with E-state index in [4.69, 9.17) is 9.47 Å². The second kappa shape index (κ2) is 12.9. The van der Waals surface area contributed by atoms with Crippen LogP contribution in [0, 0.1) is 5.92 Å². The Balaban J connectivity index is 2.11. The summed E-state index contributed by atoms with van der Waals surface area (Å²) in [7, 11) is 0. The smallest absolute Gasteiger partial charge is 0.332 e. The highest BCUT2D eigenvalue weighted by Gasteiger charge is 2.14. The molecule has 1 aromatic rings. The van der Waals surface area contributed by atoms with Crippen LogP contribution in [0.25, 0.3) is 0 Å². The van der Waals surface area contributed by atoms with Gasteiger partial charge in [-0.25, -0.2) is 4.79 Å². The van der Waals surface area contributed by atoms with Crippen molar-refractivity contribution in [1.29, 1.82) is 0 Å². The number of nitrogens with one attached hydrogen (secondary N) is 2. The van der Waals surface area contributed by atoms with Gasteiger partial charge in [-0.15, -0.1) is 0 Å². The zero-order chi connectivity index (χ0) is 19.2. The van der Waals surface area contributed by atoms with E-state index in [1.807, 2.05) is 44.2 Å². The Labute approximate surface area is 154 Å². The molecule has 7 heteroatoms. The zero-order valence-corrected chi connectivity index (χ0v) is 15.5. The van der Waals surface area contributed by atoms with Crippen LogP contribution in [0.4, 0.5) is 0 Å². The van der Waals surface area contributed by atoms with Crippen molar-refractivity contribution < 1.29 is 23.9 Å². The SMILES string of the molecule is CCCCOC(=O)COCNC(=O)CNC(=O)[C@@H](C)Cc1ccccc1. The summed E-state index contributed by atoms with van der Waals surface area (Å²) in [6, 6.07) is 9.69. The molecule has 2 N–H and O–H groups in total. The maximum atomic E-state index is 12.0. The predicted molar refractivity (Wildman–Crippen MR) is 97.1 cm³/mol. The van der Waals surface area contributed by atoms with Crippen molar-refractivity contribution in [2.24, 2.45) is 5.92 Å². The second-order valence-electron chi connectivity index (χ2n) is 5.98. The molecule has 26 heavy (non-hydrogen) atoms. The molecule has 0 saturated carbocycles. The summed E-state index contributed by atoms with van der Waals surface area (Å²) in [5.41, 5.74) is 1.07. The first-order chi connectivity index (χ1) is 12.5. The highest BCUT2D eigenvalue weighted by atomic mass is 16.6. The lowest BCUT2D eigenvalue weighted by atomic mass is 10.0. The first-order valence-corrected chi connectivity index (χ1v) is 8.84. The van der Waals surface area contributed by atoms with Crippen LogP contribution >= 0.6 is 0 Å². The van der Waals surface area contributed by atoms with Crippen molar-refractivity contribution in [3.63, 3.8) is 0 Å². The number of carbonyl (C=O) groups is 3. The molecule has 0 fully saturated rings. The van der Waals surface area contributed by atoms with Crippen molar-refractivity contribution in [3.8, 4) is 0 Å². The van der Waals surface area contributed by atoms with Crippen LogP contribution < -0.4 is 10.6 Å². The normalized spacial score (nSPS) is 11.5. The summed E-state index contributed by atoms with van der Waals surface area (Å²) in [6.45, 7) is 3.72. The zero-order valence-electron chi connectivity index (χ0n) is 15.5. The van der Waals surface area contributed by atoms with Gasteiger partial charge in [0.1, 0.15) is 13.3 Å². The van der Waals surface area contributed by atoms with Crippen molar-refractivity contribution >= 4 is 17.8 Å². The first-order valence-electron chi connectivity index (χ1n) is 8.84. The fourth-order valence-corrected chi connectivity index (χ4v) is 2.10. The lowest BCUT2D eigenvalue weighted by molar-refractivity contribution is -0.150. The van der Waals surface area contributed by atoms with Crippen LogP contribution in [0.3, 0.4) is 0 Å². The number of hydrogen-bond acceptors (Lipinski definition) is 5. The molecule has 0 spiro atoms. The number of unbranched alkanes of at least 4 members (excludes halogenated alkanes) is 1. The highest BCUT2D eigenvalue weighted by Crippen LogP contribution is 2.07. The quantitative estimate of drug-likeness (QED) is 0.332. The van der Waals surface area contributed by atoms with Crippen LogP contribution in [0.1, 0.15) is 32.3 Å². The Morgan fingerprint density at radius 3 is 2.54 bits per heavy atom. The van der Waals surface area contributed by atoms with Crippen molar-refractivity contribution in [3.05, 3.63) is 35.9 Å². The molecule has 0 heterocycles. The minimum atomic E-state index is -0.462. The summed E-state index contributed by atoms with van der Waals surface area (Å²) < 4.78 is 9.92.